The summed E-state index contributed by atoms with van der Waals surface area (Å²) in [5, 5.41) is 4.16. The molecule has 0 aliphatic rings. The Hall–Kier alpha value is -3.82. The van der Waals surface area contributed by atoms with E-state index in [2.05, 4.69) is 39.0 Å². The third-order valence-corrected chi connectivity index (χ3v) is 7.10. The maximum absolute atomic E-state index is 12.8. The number of hydrogen-bond acceptors (Lipinski definition) is 7. The van der Waals surface area contributed by atoms with Gasteiger partial charge in [-0.2, -0.15) is 5.10 Å². The number of benzene rings is 2. The van der Waals surface area contributed by atoms with Gasteiger partial charge in [0.2, 0.25) is 0 Å². The van der Waals surface area contributed by atoms with Gasteiger partial charge >= 0.3 is 0 Å². The van der Waals surface area contributed by atoms with E-state index in [9.17, 15) is 4.79 Å². The summed E-state index contributed by atoms with van der Waals surface area (Å²) >= 11 is 1.45. The normalized spacial score (nSPS) is 12.4. The first-order chi connectivity index (χ1) is 16.5. The number of fused-ring (bicyclic) bond motifs is 1. The van der Waals surface area contributed by atoms with Crippen LogP contribution in [0.25, 0.3) is 26.3 Å². The number of hydrogen-bond donors (Lipinski definition) is 1. The van der Waals surface area contributed by atoms with Gasteiger partial charge in [0, 0.05) is 10.9 Å². The van der Waals surface area contributed by atoms with E-state index in [0.717, 1.165) is 27.4 Å². The Morgan fingerprint density at radius 2 is 1.91 bits per heavy atom. The molecule has 5 aromatic rings. The molecule has 0 amide bonds. The molecule has 0 radical (unpaired) electrons. The molecule has 1 N–H and O–H groups in total. The average Bonchev–Trinajstić information content (AvgIpc) is 3.54. The molecule has 0 fully saturated rings. The fourth-order valence-electron chi connectivity index (χ4n) is 3.84. The van der Waals surface area contributed by atoms with Crippen LogP contribution in [0.1, 0.15) is 24.4 Å². The van der Waals surface area contributed by atoms with Gasteiger partial charge in [0.1, 0.15) is 28.9 Å². The standard InChI is InChI=1S/C25H24N6O2S/c1-16(17-4-8-19(9-5-17)31-15-26-14-27-31)30(2)13-23-28-21-12-22(34-24(21)25(32)29-23)18-6-10-20(33-3)11-7-18/h4-12,14-16H,13H2,1-3H3,(H,28,29,32). The molecular weight excluding hydrogens is 448 g/mol. The van der Waals surface area contributed by atoms with Crippen molar-refractivity contribution < 1.29 is 4.74 Å². The molecular formula is C25H24N6O2S. The maximum Gasteiger partial charge on any atom is 0.268 e. The molecule has 0 spiro atoms. The Labute approximate surface area is 200 Å². The zero-order chi connectivity index (χ0) is 23.7. The zero-order valence-corrected chi connectivity index (χ0v) is 19.9. The van der Waals surface area contributed by atoms with Crippen LogP contribution in [0.4, 0.5) is 0 Å². The second-order valence-electron chi connectivity index (χ2n) is 8.09. The molecule has 1 unspecified atom stereocenters. The number of aromatic amines is 1. The minimum Gasteiger partial charge on any atom is -0.497 e. The van der Waals surface area contributed by atoms with Crippen LogP contribution in [0.3, 0.4) is 0 Å². The van der Waals surface area contributed by atoms with Crippen molar-refractivity contribution in [2.24, 2.45) is 0 Å². The van der Waals surface area contributed by atoms with Gasteiger partial charge in [-0.1, -0.05) is 12.1 Å². The summed E-state index contributed by atoms with van der Waals surface area (Å²) in [5.74, 6) is 1.44. The molecule has 2 aromatic carbocycles. The molecule has 0 saturated carbocycles. The Morgan fingerprint density at radius 1 is 1.15 bits per heavy atom. The van der Waals surface area contributed by atoms with Crippen molar-refractivity contribution in [1.29, 1.82) is 0 Å². The summed E-state index contributed by atoms with van der Waals surface area (Å²) in [7, 11) is 3.67. The molecule has 0 aliphatic carbocycles. The third-order valence-electron chi connectivity index (χ3n) is 5.93. The lowest BCUT2D eigenvalue weighted by Crippen LogP contribution is -2.24. The second kappa shape index (κ2) is 9.20. The van der Waals surface area contributed by atoms with Crippen molar-refractivity contribution >= 4 is 21.6 Å². The Balaban J connectivity index is 1.35. The summed E-state index contributed by atoms with van der Waals surface area (Å²) in [4.78, 5) is 27.6. The molecule has 9 heteroatoms. The molecule has 172 valence electrons. The monoisotopic (exact) mass is 472 g/mol. The lowest BCUT2D eigenvalue weighted by atomic mass is 10.1. The largest absolute Gasteiger partial charge is 0.497 e. The fourth-order valence-corrected chi connectivity index (χ4v) is 4.83. The maximum atomic E-state index is 12.8. The number of ether oxygens (including phenoxy) is 1. The molecule has 0 aliphatic heterocycles. The predicted molar refractivity (Wildman–Crippen MR) is 133 cm³/mol. The van der Waals surface area contributed by atoms with E-state index in [1.165, 1.54) is 17.7 Å². The quantitative estimate of drug-likeness (QED) is 0.377. The summed E-state index contributed by atoms with van der Waals surface area (Å²) in [6, 6.07) is 18.1. The summed E-state index contributed by atoms with van der Waals surface area (Å²) in [6.45, 7) is 2.65. The van der Waals surface area contributed by atoms with Crippen molar-refractivity contribution in [2.75, 3.05) is 14.2 Å². The number of nitrogens with one attached hydrogen (secondary N) is 1. The van der Waals surface area contributed by atoms with Crippen LogP contribution in [0, 0.1) is 0 Å². The topological polar surface area (TPSA) is 88.9 Å². The summed E-state index contributed by atoms with van der Waals surface area (Å²) in [5.41, 5.74) is 3.76. The molecule has 0 bridgehead atoms. The van der Waals surface area contributed by atoms with Crippen molar-refractivity contribution in [3.8, 4) is 21.9 Å². The van der Waals surface area contributed by atoms with Gasteiger partial charge in [-0.25, -0.2) is 14.6 Å². The van der Waals surface area contributed by atoms with Crippen molar-refractivity contribution in [2.45, 2.75) is 19.5 Å². The Bertz CT molecular complexity index is 1460. The summed E-state index contributed by atoms with van der Waals surface area (Å²) < 4.78 is 7.59. The highest BCUT2D eigenvalue weighted by atomic mass is 32.1. The molecule has 8 nitrogen and oxygen atoms in total. The van der Waals surface area contributed by atoms with Gasteiger partial charge in [-0.3, -0.25) is 9.69 Å². The van der Waals surface area contributed by atoms with Crippen LogP contribution < -0.4 is 10.3 Å². The fraction of sp³-hybridized carbons (Fsp3) is 0.200. The molecule has 1 atom stereocenters. The Kier molecular flexibility index (Phi) is 5.95. The summed E-state index contributed by atoms with van der Waals surface area (Å²) in [6.07, 6.45) is 3.19. The number of H-pyrrole nitrogens is 1. The Morgan fingerprint density at radius 3 is 2.59 bits per heavy atom. The third kappa shape index (κ3) is 4.35. The number of rotatable bonds is 7. The van der Waals surface area contributed by atoms with Crippen LogP contribution in [-0.4, -0.2) is 43.8 Å². The molecule has 0 saturated heterocycles. The van der Waals surface area contributed by atoms with E-state index in [1.54, 1.807) is 18.1 Å². The first kappa shape index (κ1) is 22.0. The minimum absolute atomic E-state index is 0.108. The highest BCUT2D eigenvalue weighted by Crippen LogP contribution is 2.32. The van der Waals surface area contributed by atoms with Gasteiger partial charge < -0.3 is 9.72 Å². The van der Waals surface area contributed by atoms with Gasteiger partial charge in [0.15, 0.2) is 0 Å². The van der Waals surface area contributed by atoms with E-state index >= 15 is 0 Å². The lowest BCUT2D eigenvalue weighted by Gasteiger charge is -2.24. The molecule has 34 heavy (non-hydrogen) atoms. The van der Waals surface area contributed by atoms with E-state index in [0.29, 0.717) is 22.6 Å². The van der Waals surface area contributed by atoms with E-state index in [-0.39, 0.29) is 11.6 Å². The van der Waals surface area contributed by atoms with Gasteiger partial charge in [0.25, 0.3) is 5.56 Å². The average molecular weight is 473 g/mol. The highest BCUT2D eigenvalue weighted by molar-refractivity contribution is 7.22. The SMILES string of the molecule is COc1ccc(-c2cc3nc(CN(C)C(C)c4ccc(-n5cncn5)cc4)[nH]c(=O)c3s2)cc1. The van der Waals surface area contributed by atoms with Gasteiger partial charge in [-0.05, 0) is 67.6 Å². The van der Waals surface area contributed by atoms with Gasteiger partial charge in [-0.15, -0.1) is 11.3 Å². The smallest absolute Gasteiger partial charge is 0.268 e. The van der Waals surface area contributed by atoms with Crippen molar-refractivity contribution in [1.82, 2.24) is 29.6 Å². The number of aromatic nitrogens is 5. The minimum atomic E-state index is -0.108. The van der Waals surface area contributed by atoms with Crippen LogP contribution in [-0.2, 0) is 6.54 Å². The zero-order valence-electron chi connectivity index (χ0n) is 19.1. The van der Waals surface area contributed by atoms with Crippen molar-refractivity contribution in [3.05, 3.63) is 89.0 Å². The van der Waals surface area contributed by atoms with E-state index < -0.39 is 0 Å². The van der Waals surface area contributed by atoms with Gasteiger partial charge in [0.05, 0.1) is 24.9 Å². The molecule has 3 heterocycles. The predicted octanol–water partition coefficient (Wildman–Crippen LogP) is 4.43. The lowest BCUT2D eigenvalue weighted by molar-refractivity contribution is 0.247. The van der Waals surface area contributed by atoms with E-state index in [4.69, 9.17) is 9.72 Å². The first-order valence-corrected chi connectivity index (χ1v) is 11.7. The second-order valence-corrected chi connectivity index (χ2v) is 9.14. The van der Waals surface area contributed by atoms with Crippen LogP contribution >= 0.6 is 11.3 Å². The van der Waals surface area contributed by atoms with Crippen molar-refractivity contribution in [3.63, 3.8) is 0 Å². The first-order valence-electron chi connectivity index (χ1n) is 10.8. The van der Waals surface area contributed by atoms with Crippen LogP contribution in [0.5, 0.6) is 5.75 Å². The number of methoxy groups -OCH3 is 1. The molecule has 3 aromatic heterocycles. The highest BCUT2D eigenvalue weighted by Gasteiger charge is 2.16. The number of nitrogens with zero attached hydrogens (tertiary/aromatic N) is 5. The van der Waals surface area contributed by atoms with E-state index in [1.807, 2.05) is 49.5 Å². The number of thiophene rings is 1. The molecule has 5 rings (SSSR count). The van der Waals surface area contributed by atoms with Crippen LogP contribution in [0.15, 0.2) is 72.0 Å². The van der Waals surface area contributed by atoms with Crippen LogP contribution in [0.2, 0.25) is 0 Å².